The van der Waals surface area contributed by atoms with E-state index < -0.39 is 40.6 Å². The van der Waals surface area contributed by atoms with Crippen LogP contribution < -0.4 is 0 Å². The summed E-state index contributed by atoms with van der Waals surface area (Å²) in [7, 11) is 0. The Morgan fingerprint density at radius 1 is 0.886 bits per heavy atom. The van der Waals surface area contributed by atoms with Gasteiger partial charge in [0.15, 0.2) is 5.92 Å². The molecule has 0 aromatic heterocycles. The predicted molar refractivity (Wildman–Crippen MR) is 123 cm³/mol. The fourth-order valence-corrected chi connectivity index (χ4v) is 3.77. The second-order valence-electron chi connectivity index (χ2n) is 7.32. The third-order valence-electron chi connectivity index (χ3n) is 5.20. The molecule has 2 aromatic carbocycles. The number of carbonyl (C=O) groups is 3. The van der Waals surface area contributed by atoms with Gasteiger partial charge >= 0.3 is 17.9 Å². The van der Waals surface area contributed by atoms with Gasteiger partial charge in [0.2, 0.25) is 0 Å². The van der Waals surface area contributed by atoms with Crippen LogP contribution in [0.25, 0.3) is 0 Å². The number of nitriles is 1. The molecule has 10 nitrogen and oxygen atoms in total. The summed E-state index contributed by atoms with van der Waals surface area (Å²) in [6.45, 7) is 4.70. The molecule has 2 unspecified atom stereocenters. The molecule has 0 bridgehead atoms. The third kappa shape index (κ3) is 6.63. The van der Waals surface area contributed by atoms with E-state index in [-0.39, 0.29) is 36.6 Å². The number of nitro groups is 1. The van der Waals surface area contributed by atoms with E-state index in [1.54, 1.807) is 39.0 Å². The number of hydrogen-bond acceptors (Lipinski definition) is 9. The molecule has 0 saturated carbocycles. The van der Waals surface area contributed by atoms with E-state index in [1.165, 1.54) is 30.3 Å². The summed E-state index contributed by atoms with van der Waals surface area (Å²) in [6.07, 6.45) is 0. The standard InChI is InChI=1S/C25H26N2O8/c1-4-33-23(28)21(18-9-7-8-16(14-18)15-26)20(17-10-12-19(13-11-17)27(31)32)22(24(29)34-5-2)25(30)35-6-3/h7-14,20-22H,4-6H2,1-3H3. The molecule has 0 radical (unpaired) electrons. The summed E-state index contributed by atoms with van der Waals surface area (Å²) in [4.78, 5) is 50.0. The minimum absolute atomic E-state index is 0.0176. The van der Waals surface area contributed by atoms with Gasteiger partial charge in [-0.05, 0) is 44.0 Å². The zero-order chi connectivity index (χ0) is 26.0. The van der Waals surface area contributed by atoms with Gasteiger partial charge in [-0.15, -0.1) is 0 Å². The molecule has 10 heteroatoms. The van der Waals surface area contributed by atoms with Crippen LogP contribution in [-0.2, 0) is 28.6 Å². The van der Waals surface area contributed by atoms with Gasteiger partial charge in [0.25, 0.3) is 5.69 Å². The highest BCUT2D eigenvalue weighted by molar-refractivity contribution is 5.97. The molecule has 2 aromatic rings. The van der Waals surface area contributed by atoms with Crippen LogP contribution in [0.15, 0.2) is 48.5 Å². The van der Waals surface area contributed by atoms with Gasteiger partial charge in [0.1, 0.15) is 0 Å². The highest BCUT2D eigenvalue weighted by atomic mass is 16.6. The summed E-state index contributed by atoms with van der Waals surface area (Å²) in [5.74, 6) is -6.61. The fraction of sp³-hybridized carbons (Fsp3) is 0.360. The summed E-state index contributed by atoms with van der Waals surface area (Å²) in [5, 5.41) is 20.5. The monoisotopic (exact) mass is 482 g/mol. The average Bonchev–Trinajstić information content (AvgIpc) is 2.84. The lowest BCUT2D eigenvalue weighted by molar-refractivity contribution is -0.384. The summed E-state index contributed by atoms with van der Waals surface area (Å²) in [6, 6.07) is 13.3. The quantitative estimate of drug-likeness (QED) is 0.154. The van der Waals surface area contributed by atoms with E-state index in [0.717, 1.165) is 0 Å². The van der Waals surface area contributed by atoms with Crippen molar-refractivity contribution in [1.29, 1.82) is 5.26 Å². The molecule has 2 atom stereocenters. The van der Waals surface area contributed by atoms with Crippen molar-refractivity contribution in [2.75, 3.05) is 19.8 Å². The second-order valence-corrected chi connectivity index (χ2v) is 7.32. The fourth-order valence-electron chi connectivity index (χ4n) is 3.77. The van der Waals surface area contributed by atoms with Crippen molar-refractivity contribution in [3.8, 4) is 6.07 Å². The van der Waals surface area contributed by atoms with Gasteiger partial charge in [-0.2, -0.15) is 5.26 Å². The Kier molecular flexibility index (Phi) is 9.90. The Morgan fingerprint density at radius 2 is 1.43 bits per heavy atom. The zero-order valence-corrected chi connectivity index (χ0v) is 19.6. The van der Waals surface area contributed by atoms with Crippen molar-refractivity contribution < 1.29 is 33.5 Å². The number of nitro benzene ring substituents is 1. The van der Waals surface area contributed by atoms with Crippen LogP contribution in [0.5, 0.6) is 0 Å². The predicted octanol–water partition coefficient (Wildman–Crippen LogP) is 3.64. The maximum absolute atomic E-state index is 13.3. The lowest BCUT2D eigenvalue weighted by atomic mass is 9.73. The van der Waals surface area contributed by atoms with Crippen molar-refractivity contribution in [3.63, 3.8) is 0 Å². The molecular weight excluding hydrogens is 456 g/mol. The van der Waals surface area contributed by atoms with Crippen molar-refractivity contribution >= 4 is 23.6 Å². The smallest absolute Gasteiger partial charge is 0.320 e. The first-order valence-corrected chi connectivity index (χ1v) is 11.0. The number of hydrogen-bond donors (Lipinski definition) is 0. The molecule has 0 fully saturated rings. The minimum Gasteiger partial charge on any atom is -0.466 e. The molecule has 2 rings (SSSR count). The van der Waals surface area contributed by atoms with Gasteiger partial charge in [-0.1, -0.05) is 24.3 Å². The van der Waals surface area contributed by atoms with Crippen molar-refractivity contribution in [3.05, 3.63) is 75.3 Å². The second kappa shape index (κ2) is 12.8. The van der Waals surface area contributed by atoms with Gasteiger partial charge in [-0.3, -0.25) is 24.5 Å². The van der Waals surface area contributed by atoms with Gasteiger partial charge < -0.3 is 14.2 Å². The minimum atomic E-state index is -1.59. The molecule has 0 aliphatic carbocycles. The molecule has 0 N–H and O–H groups in total. The Morgan fingerprint density at radius 3 is 1.91 bits per heavy atom. The molecule has 0 saturated heterocycles. The zero-order valence-electron chi connectivity index (χ0n) is 19.6. The van der Waals surface area contributed by atoms with Gasteiger partial charge in [-0.25, -0.2) is 0 Å². The molecule has 0 heterocycles. The topological polar surface area (TPSA) is 146 Å². The number of nitrogens with zero attached hydrogens (tertiary/aromatic N) is 2. The van der Waals surface area contributed by atoms with E-state index >= 15 is 0 Å². The molecule has 0 aliphatic heterocycles. The summed E-state index contributed by atoms with van der Waals surface area (Å²) in [5.41, 5.74) is 0.644. The normalized spacial score (nSPS) is 12.2. The van der Waals surface area contributed by atoms with Crippen LogP contribution in [-0.4, -0.2) is 42.7 Å². The van der Waals surface area contributed by atoms with Crippen LogP contribution in [0.4, 0.5) is 5.69 Å². The van der Waals surface area contributed by atoms with Gasteiger partial charge in [0.05, 0.1) is 42.3 Å². The molecule has 184 valence electrons. The first-order chi connectivity index (χ1) is 16.8. The van der Waals surface area contributed by atoms with Crippen molar-refractivity contribution in [2.45, 2.75) is 32.6 Å². The highest BCUT2D eigenvalue weighted by Gasteiger charge is 2.46. The first-order valence-electron chi connectivity index (χ1n) is 11.0. The molecule has 0 aliphatic rings. The van der Waals surface area contributed by atoms with E-state index in [2.05, 4.69) is 0 Å². The number of rotatable bonds is 11. The Hall–Kier alpha value is -4.26. The molecule has 35 heavy (non-hydrogen) atoms. The largest absolute Gasteiger partial charge is 0.466 e. The number of ether oxygens (including phenoxy) is 3. The Bertz CT molecular complexity index is 1090. The lowest BCUT2D eigenvalue weighted by Crippen LogP contribution is -2.38. The van der Waals surface area contributed by atoms with Crippen LogP contribution in [0, 0.1) is 27.4 Å². The summed E-state index contributed by atoms with van der Waals surface area (Å²) < 4.78 is 15.6. The number of esters is 3. The van der Waals surface area contributed by atoms with Gasteiger partial charge in [0, 0.05) is 18.1 Å². The molecule has 0 amide bonds. The first kappa shape index (κ1) is 27.0. The maximum atomic E-state index is 13.3. The Balaban J connectivity index is 2.83. The Labute approximate surface area is 202 Å². The average molecular weight is 482 g/mol. The SMILES string of the molecule is CCOC(=O)C(C(=O)OCC)C(c1ccc([N+](=O)[O-])cc1)C(C(=O)OCC)c1cccc(C#N)c1. The third-order valence-corrected chi connectivity index (χ3v) is 5.20. The number of non-ortho nitro benzene ring substituents is 1. The highest BCUT2D eigenvalue weighted by Crippen LogP contribution is 2.42. The van der Waals surface area contributed by atoms with E-state index in [1.807, 2.05) is 6.07 Å². The van der Waals surface area contributed by atoms with E-state index in [4.69, 9.17) is 14.2 Å². The van der Waals surface area contributed by atoms with Crippen LogP contribution in [0.2, 0.25) is 0 Å². The number of carbonyl (C=O) groups excluding carboxylic acids is 3. The van der Waals surface area contributed by atoms with Crippen molar-refractivity contribution in [2.24, 2.45) is 5.92 Å². The lowest BCUT2D eigenvalue weighted by Gasteiger charge is -2.31. The molecular formula is C25H26N2O8. The van der Waals surface area contributed by atoms with E-state index in [9.17, 15) is 29.8 Å². The maximum Gasteiger partial charge on any atom is 0.320 e. The van der Waals surface area contributed by atoms with Crippen LogP contribution >= 0.6 is 0 Å². The summed E-state index contributed by atoms with van der Waals surface area (Å²) >= 11 is 0. The van der Waals surface area contributed by atoms with E-state index in [0.29, 0.717) is 5.56 Å². The molecule has 0 spiro atoms. The van der Waals surface area contributed by atoms with Crippen molar-refractivity contribution in [1.82, 2.24) is 0 Å². The van der Waals surface area contributed by atoms with Crippen LogP contribution in [0.3, 0.4) is 0 Å². The van der Waals surface area contributed by atoms with Crippen LogP contribution in [0.1, 0.15) is 49.3 Å². The number of benzene rings is 2.